The largest absolute Gasteiger partial charge is 0.494 e. The van der Waals surface area contributed by atoms with Gasteiger partial charge in [-0.25, -0.2) is 9.97 Å². The summed E-state index contributed by atoms with van der Waals surface area (Å²) in [5.41, 5.74) is 3.51. The summed E-state index contributed by atoms with van der Waals surface area (Å²) in [6.45, 7) is 9.24. The summed E-state index contributed by atoms with van der Waals surface area (Å²) in [6.07, 6.45) is 12.4. The van der Waals surface area contributed by atoms with Gasteiger partial charge in [-0.05, 0) is 66.5 Å². The van der Waals surface area contributed by atoms with Gasteiger partial charge in [0.1, 0.15) is 11.8 Å². The molecule has 4 aromatic rings. The van der Waals surface area contributed by atoms with Crippen molar-refractivity contribution >= 4 is 29.1 Å². The molecule has 3 N–H and O–H groups in total. The summed E-state index contributed by atoms with van der Waals surface area (Å²) < 4.78 is 5.90. The lowest BCUT2D eigenvalue weighted by atomic mass is 9.85. The lowest BCUT2D eigenvalue weighted by Gasteiger charge is -2.29. The van der Waals surface area contributed by atoms with Crippen molar-refractivity contribution in [3.8, 4) is 28.3 Å². The van der Waals surface area contributed by atoms with Gasteiger partial charge in [-0.1, -0.05) is 96.2 Å². The van der Waals surface area contributed by atoms with Crippen molar-refractivity contribution in [1.82, 2.24) is 20.6 Å². The Hall–Kier alpha value is -4.57. The Labute approximate surface area is 311 Å². The molecule has 2 amide bonds. The number of nitrogens with zero attached hydrogens (tertiary/aromatic N) is 2. The molecule has 0 aliphatic heterocycles. The van der Waals surface area contributed by atoms with Crippen molar-refractivity contribution in [3.05, 3.63) is 88.4 Å². The van der Waals surface area contributed by atoms with Gasteiger partial charge in [0.15, 0.2) is 5.82 Å². The van der Waals surface area contributed by atoms with E-state index in [0.29, 0.717) is 30.0 Å². The van der Waals surface area contributed by atoms with Crippen molar-refractivity contribution in [1.29, 1.82) is 0 Å². The number of unbranched alkanes of at least 4 members (excludes halogenated alkanes) is 4. The second kappa shape index (κ2) is 18.3. The first-order chi connectivity index (χ1) is 25.0. The fourth-order valence-electron chi connectivity index (χ4n) is 6.44. The third kappa shape index (κ3) is 11.0. The number of carboxylic acid groups (broad SMARTS) is 1. The van der Waals surface area contributed by atoms with Crippen LogP contribution in [0, 0.1) is 5.92 Å². The molecule has 1 fully saturated rings. The molecule has 1 aliphatic carbocycles. The van der Waals surface area contributed by atoms with E-state index < -0.39 is 17.9 Å². The van der Waals surface area contributed by atoms with Gasteiger partial charge in [-0.15, -0.1) is 11.3 Å². The Balaban J connectivity index is 1.23. The van der Waals surface area contributed by atoms with E-state index in [1.807, 2.05) is 67.0 Å². The van der Waals surface area contributed by atoms with E-state index in [-0.39, 0.29) is 29.7 Å². The Morgan fingerprint density at radius 1 is 0.885 bits per heavy atom. The van der Waals surface area contributed by atoms with Gasteiger partial charge < -0.3 is 20.5 Å². The van der Waals surface area contributed by atoms with Crippen LogP contribution < -0.4 is 15.4 Å². The SMILES string of the molecule is CCCCCCCOc1ccc(-c2cnc(-c3ccc(CC(NC(=O)c4ccc(C(C)(C)C)s4)C(=O)NC4CCCC(C(=O)O)C4)cc3)nc2)cc1. The molecule has 5 rings (SSSR count). The fourth-order valence-corrected chi connectivity index (χ4v) is 7.41. The van der Waals surface area contributed by atoms with Crippen LogP contribution in [0.5, 0.6) is 5.75 Å². The zero-order valence-electron chi connectivity index (χ0n) is 30.8. The number of nitrogens with one attached hydrogen (secondary N) is 2. The Bertz CT molecular complexity index is 1760. The average molecular weight is 725 g/mol. The maximum Gasteiger partial charge on any atom is 0.306 e. The Morgan fingerprint density at radius 3 is 2.23 bits per heavy atom. The van der Waals surface area contributed by atoms with E-state index in [1.165, 1.54) is 37.0 Å². The molecule has 1 saturated carbocycles. The van der Waals surface area contributed by atoms with Crippen LogP contribution in [-0.2, 0) is 21.4 Å². The number of ether oxygens (including phenoxy) is 1. The lowest BCUT2D eigenvalue weighted by Crippen LogP contribution is -2.51. The highest BCUT2D eigenvalue weighted by molar-refractivity contribution is 7.14. The van der Waals surface area contributed by atoms with Crippen molar-refractivity contribution in [2.45, 2.75) is 109 Å². The van der Waals surface area contributed by atoms with Gasteiger partial charge in [0.05, 0.1) is 17.4 Å². The molecule has 2 heterocycles. The van der Waals surface area contributed by atoms with E-state index in [1.54, 1.807) is 6.07 Å². The number of rotatable bonds is 16. The summed E-state index contributed by atoms with van der Waals surface area (Å²) in [6, 6.07) is 18.3. The number of aliphatic carboxylic acids is 1. The van der Waals surface area contributed by atoms with Crippen molar-refractivity contribution in [3.63, 3.8) is 0 Å². The van der Waals surface area contributed by atoms with Crippen molar-refractivity contribution < 1.29 is 24.2 Å². The molecule has 3 unspecified atom stereocenters. The number of amides is 2. The molecular formula is C42H52N4O5S. The standard InChI is InChI=1S/C42H52N4O5S/c1-5-6-7-8-9-23-51-34-19-17-29(18-20-34)32-26-43-38(44-27-32)30-15-13-28(14-16-30)24-35(39(47)45-33-12-10-11-31(25-33)41(49)50)46-40(48)36-21-22-37(52-36)42(2,3)4/h13-22,26-27,31,33,35H,5-12,23-25H2,1-4H3,(H,45,47)(H,46,48)(H,49,50). The smallest absolute Gasteiger partial charge is 0.306 e. The van der Waals surface area contributed by atoms with Gasteiger partial charge in [-0.2, -0.15) is 0 Å². The van der Waals surface area contributed by atoms with Crippen LogP contribution in [0.2, 0.25) is 0 Å². The predicted octanol–water partition coefficient (Wildman–Crippen LogP) is 8.62. The molecule has 2 aromatic carbocycles. The quantitative estimate of drug-likeness (QED) is 0.0987. The van der Waals surface area contributed by atoms with E-state index in [2.05, 4.69) is 48.3 Å². The molecule has 0 spiro atoms. The summed E-state index contributed by atoms with van der Waals surface area (Å²) >= 11 is 1.42. The van der Waals surface area contributed by atoms with Gasteiger partial charge >= 0.3 is 5.97 Å². The van der Waals surface area contributed by atoms with Gasteiger partial charge in [-0.3, -0.25) is 14.4 Å². The number of aromatic nitrogens is 2. The number of hydrogen-bond donors (Lipinski definition) is 3. The van der Waals surface area contributed by atoms with E-state index in [4.69, 9.17) is 4.74 Å². The molecule has 9 nitrogen and oxygen atoms in total. The van der Waals surface area contributed by atoms with Crippen LogP contribution in [0.3, 0.4) is 0 Å². The lowest BCUT2D eigenvalue weighted by molar-refractivity contribution is -0.143. The van der Waals surface area contributed by atoms with Crippen LogP contribution in [-0.4, -0.2) is 51.5 Å². The topological polar surface area (TPSA) is 131 Å². The van der Waals surface area contributed by atoms with Crippen LogP contribution in [0.25, 0.3) is 22.5 Å². The number of benzene rings is 2. The molecule has 3 atom stereocenters. The Kier molecular flexibility index (Phi) is 13.6. The first kappa shape index (κ1) is 38.7. The minimum Gasteiger partial charge on any atom is -0.494 e. The summed E-state index contributed by atoms with van der Waals surface area (Å²) in [5.74, 6) is -0.498. The van der Waals surface area contributed by atoms with Crippen LogP contribution in [0.4, 0.5) is 0 Å². The Morgan fingerprint density at radius 2 is 1.58 bits per heavy atom. The second-order valence-electron chi connectivity index (χ2n) is 14.8. The normalized spacial score (nSPS) is 16.5. The molecule has 0 radical (unpaired) electrons. The highest BCUT2D eigenvalue weighted by atomic mass is 32.1. The highest BCUT2D eigenvalue weighted by Gasteiger charge is 2.31. The summed E-state index contributed by atoms with van der Waals surface area (Å²) in [4.78, 5) is 49.6. The minimum absolute atomic E-state index is 0.0961. The zero-order valence-corrected chi connectivity index (χ0v) is 31.6. The zero-order chi connectivity index (χ0) is 37.1. The van der Waals surface area contributed by atoms with Crippen LogP contribution in [0.15, 0.2) is 73.1 Å². The molecule has 52 heavy (non-hydrogen) atoms. The van der Waals surface area contributed by atoms with E-state index in [0.717, 1.165) is 52.3 Å². The first-order valence-corrected chi connectivity index (χ1v) is 19.4. The minimum atomic E-state index is -0.846. The van der Waals surface area contributed by atoms with Gasteiger partial charge in [0.25, 0.3) is 5.91 Å². The number of carboxylic acids is 1. The summed E-state index contributed by atoms with van der Waals surface area (Å²) in [7, 11) is 0. The maximum absolute atomic E-state index is 13.7. The third-order valence-corrected chi connectivity index (χ3v) is 11.1. The molecule has 276 valence electrons. The first-order valence-electron chi connectivity index (χ1n) is 18.6. The number of hydrogen-bond acceptors (Lipinski definition) is 7. The predicted molar refractivity (Wildman–Crippen MR) is 207 cm³/mol. The highest BCUT2D eigenvalue weighted by Crippen LogP contribution is 2.30. The average Bonchev–Trinajstić information content (AvgIpc) is 3.66. The van der Waals surface area contributed by atoms with E-state index >= 15 is 0 Å². The molecule has 0 saturated heterocycles. The second-order valence-corrected chi connectivity index (χ2v) is 15.9. The van der Waals surface area contributed by atoms with Crippen LogP contribution in [0.1, 0.15) is 106 Å². The third-order valence-electron chi connectivity index (χ3n) is 9.57. The van der Waals surface area contributed by atoms with E-state index in [9.17, 15) is 19.5 Å². The number of thiophene rings is 1. The molecular weight excluding hydrogens is 673 g/mol. The van der Waals surface area contributed by atoms with Crippen molar-refractivity contribution in [2.75, 3.05) is 6.61 Å². The monoisotopic (exact) mass is 724 g/mol. The molecule has 2 aromatic heterocycles. The number of carbonyl (C=O) groups excluding carboxylic acids is 2. The van der Waals surface area contributed by atoms with Crippen molar-refractivity contribution in [2.24, 2.45) is 5.92 Å². The van der Waals surface area contributed by atoms with Gasteiger partial charge in [0.2, 0.25) is 5.91 Å². The fraction of sp³-hybridized carbons (Fsp3) is 0.452. The van der Waals surface area contributed by atoms with Crippen LogP contribution >= 0.6 is 11.3 Å². The maximum atomic E-state index is 13.7. The molecule has 1 aliphatic rings. The molecule has 0 bridgehead atoms. The number of carbonyl (C=O) groups is 3. The molecule has 10 heteroatoms. The summed E-state index contributed by atoms with van der Waals surface area (Å²) in [5, 5.41) is 15.6. The van der Waals surface area contributed by atoms with Gasteiger partial charge in [0, 0.05) is 40.9 Å².